The van der Waals surface area contributed by atoms with E-state index in [0.29, 0.717) is 0 Å². The molecule has 0 unspecified atom stereocenters. The molecule has 2 amide bonds. The van der Waals surface area contributed by atoms with Gasteiger partial charge in [0.15, 0.2) is 0 Å². The van der Waals surface area contributed by atoms with Crippen LogP contribution in [0.4, 0.5) is 5.69 Å². The summed E-state index contributed by atoms with van der Waals surface area (Å²) in [5, 5.41) is 5.50. The third kappa shape index (κ3) is 4.23. The van der Waals surface area contributed by atoms with E-state index in [1.54, 1.807) is 18.2 Å². The van der Waals surface area contributed by atoms with Crippen LogP contribution >= 0.6 is 23.2 Å². The summed E-state index contributed by atoms with van der Waals surface area (Å²) in [6.45, 7) is 2.22. The molecule has 0 aliphatic rings. The summed E-state index contributed by atoms with van der Waals surface area (Å²) in [6.07, 6.45) is 0. The minimum Gasteiger partial charge on any atom is -0.344 e. The van der Waals surface area contributed by atoms with Crippen molar-refractivity contribution in [3.8, 4) is 0 Å². The van der Waals surface area contributed by atoms with E-state index >= 15 is 0 Å². The Morgan fingerprint density at radius 1 is 1.00 bits per heavy atom. The molecule has 6 heteroatoms. The van der Waals surface area contributed by atoms with Gasteiger partial charge in [-0.2, -0.15) is 0 Å². The number of anilines is 1. The van der Waals surface area contributed by atoms with Gasteiger partial charge < -0.3 is 10.6 Å². The van der Waals surface area contributed by atoms with Crippen LogP contribution in [0, 0.1) is 6.92 Å². The van der Waals surface area contributed by atoms with Crippen LogP contribution in [0.2, 0.25) is 10.0 Å². The van der Waals surface area contributed by atoms with Crippen LogP contribution < -0.4 is 10.6 Å². The molecule has 2 rings (SSSR count). The fourth-order valence-corrected chi connectivity index (χ4v) is 2.36. The van der Waals surface area contributed by atoms with Crippen molar-refractivity contribution in [1.29, 1.82) is 0 Å². The Morgan fingerprint density at radius 3 is 2.27 bits per heavy atom. The van der Waals surface area contributed by atoms with Crippen molar-refractivity contribution < 1.29 is 9.59 Å². The number of benzene rings is 2. The van der Waals surface area contributed by atoms with Crippen LogP contribution in [0.25, 0.3) is 0 Å². The highest BCUT2D eigenvalue weighted by Gasteiger charge is 2.16. The number of halogens is 2. The van der Waals surface area contributed by atoms with Gasteiger partial charge in [0.05, 0.1) is 15.7 Å². The van der Waals surface area contributed by atoms with Gasteiger partial charge in [-0.15, -0.1) is 0 Å². The van der Waals surface area contributed by atoms with E-state index < -0.39 is 11.8 Å². The predicted octanol–water partition coefficient (Wildman–Crippen LogP) is 3.56. The summed E-state index contributed by atoms with van der Waals surface area (Å²) >= 11 is 11.9. The number of para-hydroxylation sites is 1. The van der Waals surface area contributed by atoms with E-state index in [2.05, 4.69) is 10.6 Å². The van der Waals surface area contributed by atoms with E-state index in [4.69, 9.17) is 23.2 Å². The first-order valence-electron chi connectivity index (χ1n) is 6.56. The topological polar surface area (TPSA) is 58.2 Å². The van der Waals surface area contributed by atoms with Crippen molar-refractivity contribution in [2.75, 3.05) is 5.32 Å². The van der Waals surface area contributed by atoms with E-state index in [1.165, 1.54) is 0 Å². The summed E-state index contributed by atoms with van der Waals surface area (Å²) in [4.78, 5) is 23.7. The molecule has 0 fully saturated rings. The Morgan fingerprint density at radius 2 is 1.64 bits per heavy atom. The van der Waals surface area contributed by atoms with Crippen molar-refractivity contribution in [1.82, 2.24) is 5.32 Å². The van der Waals surface area contributed by atoms with E-state index in [1.807, 2.05) is 31.2 Å². The Bertz CT molecular complexity index is 697. The van der Waals surface area contributed by atoms with Crippen molar-refractivity contribution in [2.45, 2.75) is 13.5 Å². The van der Waals surface area contributed by atoms with Gasteiger partial charge in [0.1, 0.15) is 0 Å². The fraction of sp³-hybridized carbons (Fsp3) is 0.125. The van der Waals surface area contributed by atoms with Gasteiger partial charge in [0, 0.05) is 6.54 Å². The number of carbonyl (C=O) groups is 2. The third-order valence-corrected chi connectivity index (χ3v) is 3.57. The highest BCUT2D eigenvalue weighted by atomic mass is 35.5. The SMILES string of the molecule is Cc1cccc(CNC(=O)C(=O)Nc2c(Cl)cccc2Cl)c1. The maximum absolute atomic E-state index is 11.9. The number of nitrogens with one attached hydrogen (secondary N) is 2. The molecule has 2 N–H and O–H groups in total. The first kappa shape index (κ1) is 16.3. The molecule has 0 heterocycles. The molecule has 0 aliphatic carbocycles. The summed E-state index contributed by atoms with van der Waals surface area (Å²) < 4.78 is 0. The lowest BCUT2D eigenvalue weighted by Crippen LogP contribution is -2.35. The monoisotopic (exact) mass is 336 g/mol. The lowest BCUT2D eigenvalue weighted by molar-refractivity contribution is -0.136. The average molecular weight is 337 g/mol. The summed E-state index contributed by atoms with van der Waals surface area (Å²) in [5.74, 6) is -1.57. The number of aryl methyl sites for hydroxylation is 1. The zero-order valence-electron chi connectivity index (χ0n) is 11.8. The normalized spacial score (nSPS) is 10.1. The summed E-state index contributed by atoms with van der Waals surface area (Å²) in [5.41, 5.74) is 2.22. The molecule has 0 aromatic heterocycles. The number of hydrogen-bond donors (Lipinski definition) is 2. The summed E-state index contributed by atoms with van der Waals surface area (Å²) in [7, 11) is 0. The smallest absolute Gasteiger partial charge is 0.313 e. The van der Waals surface area contributed by atoms with Crippen molar-refractivity contribution in [3.05, 3.63) is 63.6 Å². The molecule has 0 atom stereocenters. The molecular formula is C16H14Cl2N2O2. The van der Waals surface area contributed by atoms with E-state index in [9.17, 15) is 9.59 Å². The fourth-order valence-electron chi connectivity index (χ4n) is 1.87. The highest BCUT2D eigenvalue weighted by Crippen LogP contribution is 2.29. The van der Waals surface area contributed by atoms with Crippen LogP contribution in [-0.2, 0) is 16.1 Å². The Hall–Kier alpha value is -2.04. The molecule has 0 saturated heterocycles. The zero-order valence-corrected chi connectivity index (χ0v) is 13.3. The maximum Gasteiger partial charge on any atom is 0.313 e. The Balaban J connectivity index is 1.97. The van der Waals surface area contributed by atoms with Gasteiger partial charge in [0.25, 0.3) is 0 Å². The average Bonchev–Trinajstić information content (AvgIpc) is 2.48. The quantitative estimate of drug-likeness (QED) is 0.842. The van der Waals surface area contributed by atoms with Gasteiger partial charge in [-0.3, -0.25) is 9.59 Å². The first-order chi connectivity index (χ1) is 10.5. The predicted molar refractivity (Wildman–Crippen MR) is 88.1 cm³/mol. The van der Waals surface area contributed by atoms with Crippen LogP contribution in [-0.4, -0.2) is 11.8 Å². The van der Waals surface area contributed by atoms with Crippen LogP contribution in [0.1, 0.15) is 11.1 Å². The lowest BCUT2D eigenvalue weighted by Gasteiger charge is -2.09. The van der Waals surface area contributed by atoms with E-state index in [-0.39, 0.29) is 22.3 Å². The summed E-state index contributed by atoms with van der Waals surface area (Å²) in [6, 6.07) is 12.5. The number of rotatable bonds is 3. The number of carbonyl (C=O) groups excluding carboxylic acids is 2. The molecule has 0 bridgehead atoms. The maximum atomic E-state index is 11.9. The first-order valence-corrected chi connectivity index (χ1v) is 7.31. The highest BCUT2D eigenvalue weighted by molar-refractivity contribution is 6.44. The van der Waals surface area contributed by atoms with Crippen molar-refractivity contribution in [3.63, 3.8) is 0 Å². The molecule has 114 valence electrons. The van der Waals surface area contributed by atoms with E-state index in [0.717, 1.165) is 11.1 Å². The van der Waals surface area contributed by atoms with Gasteiger partial charge in [-0.05, 0) is 24.6 Å². The second-order valence-corrected chi connectivity index (χ2v) is 5.54. The van der Waals surface area contributed by atoms with Gasteiger partial charge in [0.2, 0.25) is 0 Å². The molecule has 2 aromatic carbocycles. The van der Waals surface area contributed by atoms with Gasteiger partial charge in [-0.25, -0.2) is 0 Å². The van der Waals surface area contributed by atoms with Gasteiger partial charge >= 0.3 is 11.8 Å². The van der Waals surface area contributed by atoms with Crippen LogP contribution in [0.3, 0.4) is 0 Å². The minimum atomic E-state index is -0.817. The largest absolute Gasteiger partial charge is 0.344 e. The Labute approximate surface area is 138 Å². The van der Waals surface area contributed by atoms with Crippen molar-refractivity contribution >= 4 is 40.7 Å². The lowest BCUT2D eigenvalue weighted by atomic mass is 10.1. The standard InChI is InChI=1S/C16H14Cl2N2O2/c1-10-4-2-5-11(8-10)9-19-15(21)16(22)20-14-12(17)6-3-7-13(14)18/h2-8H,9H2,1H3,(H,19,21)(H,20,22). The molecule has 0 saturated carbocycles. The Kier molecular flexibility index (Phi) is 5.41. The number of amides is 2. The number of hydrogen-bond acceptors (Lipinski definition) is 2. The molecular weight excluding hydrogens is 323 g/mol. The second-order valence-electron chi connectivity index (χ2n) is 4.72. The minimum absolute atomic E-state index is 0.224. The molecule has 0 radical (unpaired) electrons. The third-order valence-electron chi connectivity index (χ3n) is 2.94. The molecule has 0 spiro atoms. The zero-order chi connectivity index (χ0) is 16.1. The second kappa shape index (κ2) is 7.29. The van der Waals surface area contributed by atoms with Crippen LogP contribution in [0.5, 0.6) is 0 Å². The molecule has 22 heavy (non-hydrogen) atoms. The van der Waals surface area contributed by atoms with Crippen LogP contribution in [0.15, 0.2) is 42.5 Å². The molecule has 2 aromatic rings. The molecule has 0 aliphatic heterocycles. The molecule has 4 nitrogen and oxygen atoms in total. The van der Waals surface area contributed by atoms with Crippen molar-refractivity contribution in [2.24, 2.45) is 0 Å². The van der Waals surface area contributed by atoms with Gasteiger partial charge in [-0.1, -0.05) is 59.1 Å².